The topological polar surface area (TPSA) is 90.5 Å². The van der Waals surface area contributed by atoms with Gasteiger partial charge in [-0.05, 0) is 38.0 Å². The van der Waals surface area contributed by atoms with Gasteiger partial charge in [-0.15, -0.1) is 0 Å². The van der Waals surface area contributed by atoms with Crippen molar-refractivity contribution in [2.24, 2.45) is 0 Å². The van der Waals surface area contributed by atoms with Crippen molar-refractivity contribution in [1.82, 2.24) is 4.98 Å². The highest BCUT2D eigenvalue weighted by Gasteiger charge is 2.37. The molecule has 124 valence electrons. The van der Waals surface area contributed by atoms with Gasteiger partial charge in [0.2, 0.25) is 0 Å². The number of carboxylic acid groups (broad SMARTS) is 1. The first kappa shape index (κ1) is 16.0. The Morgan fingerprint density at radius 3 is 2.46 bits per heavy atom. The van der Waals surface area contributed by atoms with E-state index >= 15 is 0 Å². The number of anilines is 1. The molecule has 0 unspecified atom stereocenters. The van der Waals surface area contributed by atoms with E-state index in [0.29, 0.717) is 33.8 Å². The molecule has 1 aliphatic rings. The third kappa shape index (κ3) is 2.31. The number of amides is 1. The van der Waals surface area contributed by atoms with Gasteiger partial charge in [0.1, 0.15) is 11.6 Å². The summed E-state index contributed by atoms with van der Waals surface area (Å²) in [7, 11) is 0. The van der Waals surface area contributed by atoms with Crippen LogP contribution < -0.4 is 4.90 Å². The van der Waals surface area contributed by atoms with E-state index in [1.54, 1.807) is 38.1 Å². The Balaban J connectivity index is 2.05. The summed E-state index contributed by atoms with van der Waals surface area (Å²) in [5.74, 6) is -2.12. The van der Waals surface area contributed by atoms with Gasteiger partial charge in [-0.2, -0.15) is 0 Å². The molecule has 0 aliphatic carbocycles. The number of carboxylic acids is 1. The zero-order valence-corrected chi connectivity index (χ0v) is 13.7. The van der Waals surface area contributed by atoms with Crippen molar-refractivity contribution in [2.75, 3.05) is 11.4 Å². The first-order chi connectivity index (χ1) is 11.3. The van der Waals surface area contributed by atoms with Crippen LogP contribution in [0.1, 0.15) is 50.5 Å². The van der Waals surface area contributed by atoms with Crippen LogP contribution in [0.4, 0.5) is 5.69 Å². The predicted molar refractivity (Wildman–Crippen MR) is 88.8 cm³/mol. The second-order valence-corrected chi connectivity index (χ2v) is 6.05. The summed E-state index contributed by atoms with van der Waals surface area (Å²) in [5.41, 5.74) is 3.32. The number of fused-ring (bicyclic) bond motifs is 1. The highest BCUT2D eigenvalue weighted by molar-refractivity contribution is 6.10. The van der Waals surface area contributed by atoms with Crippen LogP contribution in [-0.4, -0.2) is 34.3 Å². The van der Waals surface area contributed by atoms with Crippen LogP contribution in [0.25, 0.3) is 0 Å². The number of aliphatic carboxylic acids is 1. The maximum absolute atomic E-state index is 13.0. The number of para-hydroxylation sites is 1. The molecule has 0 spiro atoms. The molecule has 3 rings (SSSR count). The van der Waals surface area contributed by atoms with Gasteiger partial charge >= 0.3 is 5.97 Å². The number of aromatic amines is 1. The van der Waals surface area contributed by atoms with E-state index in [0.717, 1.165) is 0 Å². The molecule has 0 radical (unpaired) electrons. The van der Waals surface area contributed by atoms with Gasteiger partial charge in [-0.1, -0.05) is 18.2 Å². The number of nitrogens with zero attached hydrogens (tertiary/aromatic N) is 1. The zero-order chi connectivity index (χ0) is 17.6. The Morgan fingerprint density at radius 1 is 1.21 bits per heavy atom. The standard InChI is InChI=1S/C18H18N2O4/c1-9-15(11(3)21)10(2)19-16(9)17(22)20-8-13(18(23)24)12-6-4-5-7-14(12)20/h4-7,13,19H,8H2,1-3H3,(H,23,24)/t13-/m0/s1. The number of ketones is 1. The number of carbonyl (C=O) groups is 3. The fourth-order valence-corrected chi connectivity index (χ4v) is 3.44. The highest BCUT2D eigenvalue weighted by Crippen LogP contribution is 2.37. The molecule has 1 aliphatic heterocycles. The van der Waals surface area contributed by atoms with Gasteiger partial charge in [0, 0.05) is 23.5 Å². The van der Waals surface area contributed by atoms with E-state index in [1.165, 1.54) is 11.8 Å². The van der Waals surface area contributed by atoms with Gasteiger partial charge < -0.3 is 15.0 Å². The van der Waals surface area contributed by atoms with Crippen molar-refractivity contribution in [3.63, 3.8) is 0 Å². The molecule has 6 nitrogen and oxygen atoms in total. The summed E-state index contributed by atoms with van der Waals surface area (Å²) in [5, 5.41) is 9.42. The van der Waals surface area contributed by atoms with Gasteiger partial charge in [0.05, 0.1) is 0 Å². The van der Waals surface area contributed by atoms with Gasteiger partial charge in [-0.3, -0.25) is 14.4 Å². The summed E-state index contributed by atoms with van der Waals surface area (Å²) in [6.45, 7) is 5.02. The SMILES string of the molecule is CC(=O)c1c(C)[nH]c(C(=O)N2C[C@H](C(=O)O)c3ccccc32)c1C. The number of aryl methyl sites for hydroxylation is 1. The lowest BCUT2D eigenvalue weighted by molar-refractivity contribution is -0.138. The Kier molecular flexibility index (Phi) is 3.75. The highest BCUT2D eigenvalue weighted by atomic mass is 16.4. The molecule has 1 aromatic carbocycles. The van der Waals surface area contributed by atoms with Crippen LogP contribution in [0.3, 0.4) is 0 Å². The summed E-state index contributed by atoms with van der Waals surface area (Å²) >= 11 is 0. The number of hydrogen-bond acceptors (Lipinski definition) is 3. The molecule has 6 heteroatoms. The number of H-pyrrole nitrogens is 1. The van der Waals surface area contributed by atoms with E-state index in [1.807, 2.05) is 0 Å². The summed E-state index contributed by atoms with van der Waals surface area (Å²) < 4.78 is 0. The monoisotopic (exact) mass is 326 g/mol. The molecule has 0 saturated heterocycles. The Hall–Kier alpha value is -2.89. The van der Waals surface area contributed by atoms with E-state index in [-0.39, 0.29) is 18.2 Å². The van der Waals surface area contributed by atoms with Crippen molar-refractivity contribution in [1.29, 1.82) is 0 Å². The maximum Gasteiger partial charge on any atom is 0.312 e. The molecule has 0 fully saturated rings. The van der Waals surface area contributed by atoms with E-state index in [9.17, 15) is 19.5 Å². The predicted octanol–water partition coefficient (Wildman–Crippen LogP) is 2.66. The maximum atomic E-state index is 13.0. The van der Waals surface area contributed by atoms with Crippen molar-refractivity contribution in [3.05, 3.63) is 52.3 Å². The van der Waals surface area contributed by atoms with E-state index in [4.69, 9.17) is 0 Å². The third-order valence-corrected chi connectivity index (χ3v) is 4.51. The van der Waals surface area contributed by atoms with E-state index in [2.05, 4.69) is 4.98 Å². The van der Waals surface area contributed by atoms with Crippen LogP contribution in [0.15, 0.2) is 24.3 Å². The minimum atomic E-state index is -0.957. The van der Waals surface area contributed by atoms with Crippen LogP contribution in [0, 0.1) is 13.8 Å². The second-order valence-electron chi connectivity index (χ2n) is 6.05. The number of nitrogens with one attached hydrogen (secondary N) is 1. The fraction of sp³-hybridized carbons (Fsp3) is 0.278. The Morgan fingerprint density at radius 2 is 1.88 bits per heavy atom. The smallest absolute Gasteiger partial charge is 0.312 e. The molecular weight excluding hydrogens is 308 g/mol. The zero-order valence-electron chi connectivity index (χ0n) is 13.7. The summed E-state index contributed by atoms with van der Waals surface area (Å²) in [4.78, 5) is 40.7. The quantitative estimate of drug-likeness (QED) is 0.848. The van der Waals surface area contributed by atoms with Crippen molar-refractivity contribution in [3.8, 4) is 0 Å². The Labute approximate surface area is 139 Å². The largest absolute Gasteiger partial charge is 0.481 e. The van der Waals surface area contributed by atoms with Crippen LogP contribution in [0.2, 0.25) is 0 Å². The molecular formula is C18H18N2O4. The minimum absolute atomic E-state index is 0.0838. The first-order valence-corrected chi connectivity index (χ1v) is 7.66. The van der Waals surface area contributed by atoms with Crippen LogP contribution >= 0.6 is 0 Å². The summed E-state index contributed by atoms with van der Waals surface area (Å²) in [6.07, 6.45) is 0. The third-order valence-electron chi connectivity index (χ3n) is 4.51. The lowest BCUT2D eigenvalue weighted by Gasteiger charge is -2.17. The van der Waals surface area contributed by atoms with Crippen molar-refractivity contribution in [2.45, 2.75) is 26.7 Å². The molecule has 24 heavy (non-hydrogen) atoms. The molecule has 1 amide bonds. The van der Waals surface area contributed by atoms with Gasteiger partial charge in [-0.25, -0.2) is 0 Å². The van der Waals surface area contributed by atoms with Crippen LogP contribution in [0.5, 0.6) is 0 Å². The molecule has 1 atom stereocenters. The molecule has 2 N–H and O–H groups in total. The van der Waals surface area contributed by atoms with Gasteiger partial charge in [0.25, 0.3) is 5.91 Å². The number of hydrogen-bond donors (Lipinski definition) is 2. The molecule has 0 saturated carbocycles. The molecule has 1 aromatic heterocycles. The van der Waals surface area contributed by atoms with Crippen molar-refractivity contribution < 1.29 is 19.5 Å². The first-order valence-electron chi connectivity index (χ1n) is 7.66. The summed E-state index contributed by atoms with van der Waals surface area (Å²) in [6, 6.07) is 7.01. The molecule has 2 heterocycles. The number of rotatable bonds is 3. The van der Waals surface area contributed by atoms with E-state index < -0.39 is 11.9 Å². The molecule has 2 aromatic rings. The van der Waals surface area contributed by atoms with Crippen LogP contribution in [-0.2, 0) is 4.79 Å². The average Bonchev–Trinajstić information content (AvgIpc) is 3.04. The van der Waals surface area contributed by atoms with Crippen molar-refractivity contribution >= 4 is 23.3 Å². The second kappa shape index (κ2) is 5.63. The van der Waals surface area contributed by atoms with Gasteiger partial charge in [0.15, 0.2) is 5.78 Å². The lowest BCUT2D eigenvalue weighted by Crippen LogP contribution is -2.32. The molecule has 0 bridgehead atoms. The number of aromatic nitrogens is 1. The number of Topliss-reactive ketones (excluding diaryl/α,β-unsaturated/α-hetero) is 1. The fourth-order valence-electron chi connectivity index (χ4n) is 3.44. The average molecular weight is 326 g/mol. The normalized spacial score (nSPS) is 16.1. The minimum Gasteiger partial charge on any atom is -0.481 e. The number of carbonyl (C=O) groups excluding carboxylic acids is 2. The lowest BCUT2D eigenvalue weighted by atomic mass is 10.0. The Bertz CT molecular complexity index is 866. The number of benzene rings is 1.